The molecule has 2 N–H and O–H groups in total. The predicted molar refractivity (Wildman–Crippen MR) is 77.7 cm³/mol. The number of carbonyl (C=O) groups excluding carboxylic acids is 1. The Hall–Kier alpha value is -1.35. The molecule has 1 saturated carbocycles. The van der Waals surface area contributed by atoms with E-state index in [-0.39, 0.29) is 5.91 Å². The maximum absolute atomic E-state index is 12.2. The number of nitrogens with two attached hydrogens (primary N) is 1. The van der Waals surface area contributed by atoms with Gasteiger partial charge in [-0.1, -0.05) is 31.2 Å². The van der Waals surface area contributed by atoms with Crippen molar-refractivity contribution in [1.82, 2.24) is 4.90 Å². The van der Waals surface area contributed by atoms with Gasteiger partial charge in [0.1, 0.15) is 0 Å². The molecule has 1 amide bonds. The fourth-order valence-electron chi connectivity index (χ4n) is 2.28. The molecule has 2 rings (SSSR count). The number of carbonyl (C=O) groups is 1. The Labute approximate surface area is 115 Å². The van der Waals surface area contributed by atoms with Gasteiger partial charge in [0.05, 0.1) is 0 Å². The molecule has 0 aromatic heterocycles. The molecule has 1 aromatic rings. The first-order valence-corrected chi connectivity index (χ1v) is 7.32. The molecule has 0 saturated heterocycles. The highest BCUT2D eigenvalue weighted by atomic mass is 16.2. The molecular formula is C16H24N2O. The number of nitrogens with zero attached hydrogens (tertiary/aromatic N) is 1. The second kappa shape index (κ2) is 6.71. The van der Waals surface area contributed by atoms with E-state index in [1.807, 2.05) is 4.90 Å². The molecule has 1 aliphatic carbocycles. The van der Waals surface area contributed by atoms with E-state index in [0.717, 1.165) is 32.2 Å². The molecule has 1 fully saturated rings. The second-order valence-corrected chi connectivity index (χ2v) is 5.32. The lowest BCUT2D eigenvalue weighted by molar-refractivity contribution is -0.132. The molecule has 1 aliphatic rings. The first kappa shape index (κ1) is 14.1. The Balaban J connectivity index is 1.97. The molecule has 19 heavy (non-hydrogen) atoms. The normalized spacial score (nSPS) is 14.4. The van der Waals surface area contributed by atoms with Gasteiger partial charge in [0, 0.05) is 19.0 Å². The quantitative estimate of drug-likeness (QED) is 0.818. The van der Waals surface area contributed by atoms with Crippen LogP contribution >= 0.6 is 0 Å². The molecule has 0 unspecified atom stereocenters. The summed E-state index contributed by atoms with van der Waals surface area (Å²) in [6, 6.07) is 9.07. The van der Waals surface area contributed by atoms with E-state index < -0.39 is 0 Å². The van der Waals surface area contributed by atoms with Gasteiger partial charge in [-0.15, -0.1) is 0 Å². The van der Waals surface area contributed by atoms with Gasteiger partial charge in [-0.25, -0.2) is 0 Å². The van der Waals surface area contributed by atoms with Crippen LogP contribution < -0.4 is 5.73 Å². The van der Waals surface area contributed by atoms with Gasteiger partial charge >= 0.3 is 0 Å². The lowest BCUT2D eigenvalue weighted by Crippen LogP contribution is -2.32. The Morgan fingerprint density at radius 1 is 1.26 bits per heavy atom. The molecule has 0 spiro atoms. The van der Waals surface area contributed by atoms with Gasteiger partial charge in [-0.05, 0) is 43.4 Å². The van der Waals surface area contributed by atoms with Crippen molar-refractivity contribution in [3.8, 4) is 0 Å². The minimum absolute atomic E-state index is 0.257. The van der Waals surface area contributed by atoms with E-state index in [0.29, 0.717) is 19.0 Å². The fourth-order valence-corrected chi connectivity index (χ4v) is 2.28. The zero-order chi connectivity index (χ0) is 13.7. The van der Waals surface area contributed by atoms with Gasteiger partial charge in [0.2, 0.25) is 5.91 Å². The third kappa shape index (κ3) is 4.06. The third-order valence-corrected chi connectivity index (χ3v) is 3.69. The summed E-state index contributed by atoms with van der Waals surface area (Å²) in [5, 5.41) is 0. The minimum atomic E-state index is 0.257. The highest BCUT2D eigenvalue weighted by molar-refractivity contribution is 5.76. The summed E-state index contributed by atoms with van der Waals surface area (Å²) in [6.45, 7) is 3.50. The summed E-state index contributed by atoms with van der Waals surface area (Å²) in [6.07, 6.45) is 4.74. The van der Waals surface area contributed by atoms with Crippen LogP contribution in [0, 0.1) is 0 Å². The van der Waals surface area contributed by atoms with Gasteiger partial charge in [0.15, 0.2) is 0 Å². The lowest BCUT2D eigenvalue weighted by Gasteiger charge is -2.22. The second-order valence-electron chi connectivity index (χ2n) is 5.32. The monoisotopic (exact) mass is 260 g/mol. The Bertz CT molecular complexity index is 409. The summed E-state index contributed by atoms with van der Waals surface area (Å²) >= 11 is 0. The highest BCUT2D eigenvalue weighted by Gasteiger charge is 2.31. The molecular weight excluding hydrogens is 236 g/mol. The van der Waals surface area contributed by atoms with Gasteiger partial charge in [-0.2, -0.15) is 0 Å². The number of amides is 1. The summed E-state index contributed by atoms with van der Waals surface area (Å²) < 4.78 is 0. The minimum Gasteiger partial charge on any atom is -0.335 e. The van der Waals surface area contributed by atoms with E-state index in [1.54, 1.807) is 0 Å². The van der Waals surface area contributed by atoms with Crippen molar-refractivity contribution in [2.75, 3.05) is 6.54 Å². The van der Waals surface area contributed by atoms with Crippen LogP contribution in [-0.4, -0.2) is 23.4 Å². The summed E-state index contributed by atoms with van der Waals surface area (Å²) in [5.41, 5.74) is 8.05. The lowest BCUT2D eigenvalue weighted by atomic mass is 10.1. The fraction of sp³-hybridized carbons (Fsp3) is 0.562. The maximum atomic E-state index is 12.2. The van der Waals surface area contributed by atoms with Crippen LogP contribution in [0.1, 0.15) is 43.7 Å². The van der Waals surface area contributed by atoms with Crippen molar-refractivity contribution >= 4 is 5.91 Å². The maximum Gasteiger partial charge on any atom is 0.223 e. The van der Waals surface area contributed by atoms with Crippen LogP contribution in [0.25, 0.3) is 0 Å². The van der Waals surface area contributed by atoms with Gasteiger partial charge in [0.25, 0.3) is 0 Å². The Morgan fingerprint density at radius 2 is 1.89 bits per heavy atom. The van der Waals surface area contributed by atoms with Crippen molar-refractivity contribution in [3.05, 3.63) is 35.4 Å². The number of hydrogen-bond donors (Lipinski definition) is 1. The van der Waals surface area contributed by atoms with Gasteiger partial charge in [-0.3, -0.25) is 4.79 Å². The molecule has 0 aliphatic heterocycles. The topological polar surface area (TPSA) is 46.3 Å². The number of rotatable bonds is 7. The molecule has 0 atom stereocenters. The van der Waals surface area contributed by atoms with Crippen LogP contribution in [0.5, 0.6) is 0 Å². The van der Waals surface area contributed by atoms with Crippen LogP contribution in [-0.2, 0) is 17.8 Å². The van der Waals surface area contributed by atoms with Crippen molar-refractivity contribution in [2.45, 2.75) is 51.6 Å². The Kier molecular flexibility index (Phi) is 4.97. The first-order valence-electron chi connectivity index (χ1n) is 7.32. The molecule has 0 heterocycles. The number of aryl methyl sites for hydroxylation is 1. The van der Waals surface area contributed by atoms with E-state index in [1.165, 1.54) is 11.1 Å². The van der Waals surface area contributed by atoms with Crippen molar-refractivity contribution in [3.63, 3.8) is 0 Å². The summed E-state index contributed by atoms with van der Waals surface area (Å²) in [4.78, 5) is 14.2. The first-order chi connectivity index (χ1) is 9.24. The zero-order valence-electron chi connectivity index (χ0n) is 11.8. The molecule has 104 valence electrons. The van der Waals surface area contributed by atoms with Crippen molar-refractivity contribution in [1.29, 1.82) is 0 Å². The van der Waals surface area contributed by atoms with Crippen LogP contribution in [0.15, 0.2) is 24.3 Å². The highest BCUT2D eigenvalue weighted by Crippen LogP contribution is 2.29. The molecule has 0 radical (unpaired) electrons. The number of hydrogen-bond acceptors (Lipinski definition) is 2. The SMILES string of the molecule is CCc1ccc(CN(C(=O)CCCN)C2CC2)cc1. The predicted octanol–water partition coefficient (Wildman–Crippen LogP) is 2.48. The largest absolute Gasteiger partial charge is 0.335 e. The summed E-state index contributed by atoms with van der Waals surface area (Å²) in [5.74, 6) is 0.257. The van der Waals surface area contributed by atoms with Crippen molar-refractivity contribution < 1.29 is 4.79 Å². The zero-order valence-corrected chi connectivity index (χ0v) is 11.8. The van der Waals surface area contributed by atoms with E-state index >= 15 is 0 Å². The molecule has 3 heteroatoms. The molecule has 1 aromatic carbocycles. The average Bonchev–Trinajstić information content (AvgIpc) is 3.27. The van der Waals surface area contributed by atoms with Crippen molar-refractivity contribution in [2.24, 2.45) is 5.73 Å². The van der Waals surface area contributed by atoms with Crippen LogP contribution in [0.4, 0.5) is 0 Å². The summed E-state index contributed by atoms with van der Waals surface area (Å²) in [7, 11) is 0. The standard InChI is InChI=1S/C16H24N2O/c1-2-13-5-7-14(8-6-13)12-18(15-9-10-15)16(19)4-3-11-17/h5-8,15H,2-4,9-12,17H2,1H3. The van der Waals surface area contributed by atoms with E-state index in [9.17, 15) is 4.79 Å². The Morgan fingerprint density at radius 3 is 2.42 bits per heavy atom. The van der Waals surface area contributed by atoms with Crippen LogP contribution in [0.2, 0.25) is 0 Å². The van der Waals surface area contributed by atoms with Gasteiger partial charge < -0.3 is 10.6 Å². The van der Waals surface area contributed by atoms with E-state index in [2.05, 4.69) is 31.2 Å². The smallest absolute Gasteiger partial charge is 0.223 e. The molecule has 3 nitrogen and oxygen atoms in total. The third-order valence-electron chi connectivity index (χ3n) is 3.69. The molecule has 0 bridgehead atoms. The number of benzene rings is 1. The van der Waals surface area contributed by atoms with Crippen LogP contribution in [0.3, 0.4) is 0 Å². The van der Waals surface area contributed by atoms with E-state index in [4.69, 9.17) is 5.73 Å². The average molecular weight is 260 g/mol.